The van der Waals surface area contributed by atoms with E-state index in [0.29, 0.717) is 6.54 Å². The minimum Gasteiger partial charge on any atom is -0.376 e. The number of guanidine groups is 1. The maximum atomic E-state index is 10.7. The fraction of sp³-hybridized carbons (Fsp3) is 0.588. The molecule has 25 heavy (non-hydrogen) atoms. The molecule has 1 fully saturated rings. The number of hydrogen-bond donors (Lipinski definition) is 2. The molecular weight excluding hydrogens is 435 g/mol. The van der Waals surface area contributed by atoms with E-state index in [9.17, 15) is 10.1 Å². The number of nitrogens with one attached hydrogen (secondary N) is 2. The molecule has 2 unspecified atom stereocenters. The number of rotatable bonds is 6. The molecule has 2 rings (SSSR count). The Morgan fingerprint density at radius 3 is 2.52 bits per heavy atom. The van der Waals surface area contributed by atoms with Crippen LogP contribution in [-0.4, -0.2) is 35.7 Å². The Labute approximate surface area is 165 Å². The number of aliphatic imine (C=N–C) groups is 1. The standard InChI is InChI=1S/C17H26N4O3.HI/c1-12(2)19-17(20-13(3)16-5-4-10-24-16)18-11-14-6-8-15(9-7-14)21(22)23;/h6-9,12-13,16H,4-5,10-11H2,1-3H3,(H2,18,19,20);1H. The zero-order valence-electron chi connectivity index (χ0n) is 14.9. The molecule has 0 spiro atoms. The third kappa shape index (κ3) is 7.15. The summed E-state index contributed by atoms with van der Waals surface area (Å²) < 4.78 is 5.71. The van der Waals surface area contributed by atoms with E-state index >= 15 is 0 Å². The minimum absolute atomic E-state index is 0. The molecule has 7 nitrogen and oxygen atoms in total. The molecule has 1 heterocycles. The molecule has 0 saturated carbocycles. The van der Waals surface area contributed by atoms with Crippen LogP contribution < -0.4 is 10.6 Å². The van der Waals surface area contributed by atoms with Crippen molar-refractivity contribution in [3.8, 4) is 0 Å². The van der Waals surface area contributed by atoms with E-state index in [1.807, 2.05) is 0 Å². The van der Waals surface area contributed by atoms with Crippen LogP contribution in [0.2, 0.25) is 0 Å². The first-order chi connectivity index (χ1) is 11.5. The van der Waals surface area contributed by atoms with Gasteiger partial charge >= 0.3 is 0 Å². The van der Waals surface area contributed by atoms with E-state index < -0.39 is 4.92 Å². The fourth-order valence-electron chi connectivity index (χ4n) is 2.61. The third-order valence-electron chi connectivity index (χ3n) is 3.88. The summed E-state index contributed by atoms with van der Waals surface area (Å²) >= 11 is 0. The van der Waals surface area contributed by atoms with Crippen LogP contribution in [0.1, 0.15) is 39.2 Å². The van der Waals surface area contributed by atoms with E-state index in [2.05, 4.69) is 36.4 Å². The maximum absolute atomic E-state index is 10.7. The van der Waals surface area contributed by atoms with Gasteiger partial charge in [-0.1, -0.05) is 12.1 Å². The van der Waals surface area contributed by atoms with E-state index in [1.165, 1.54) is 12.1 Å². The molecule has 1 aliphatic heterocycles. The molecule has 1 aliphatic rings. The average molecular weight is 462 g/mol. The van der Waals surface area contributed by atoms with Gasteiger partial charge in [0, 0.05) is 24.8 Å². The second-order valence-corrected chi connectivity index (χ2v) is 6.37. The Balaban J connectivity index is 0.00000312. The van der Waals surface area contributed by atoms with Crippen LogP contribution in [0.4, 0.5) is 5.69 Å². The van der Waals surface area contributed by atoms with Crippen molar-refractivity contribution in [2.75, 3.05) is 6.61 Å². The van der Waals surface area contributed by atoms with E-state index in [-0.39, 0.29) is 47.9 Å². The maximum Gasteiger partial charge on any atom is 0.269 e. The largest absolute Gasteiger partial charge is 0.376 e. The summed E-state index contributed by atoms with van der Waals surface area (Å²) in [7, 11) is 0. The molecule has 1 aromatic rings. The van der Waals surface area contributed by atoms with Crippen LogP contribution in [0.15, 0.2) is 29.3 Å². The van der Waals surface area contributed by atoms with Gasteiger partial charge in [-0.15, -0.1) is 24.0 Å². The minimum atomic E-state index is -0.399. The second kappa shape index (κ2) is 10.5. The van der Waals surface area contributed by atoms with Gasteiger partial charge in [-0.25, -0.2) is 4.99 Å². The van der Waals surface area contributed by atoms with E-state index in [4.69, 9.17) is 4.74 Å². The van der Waals surface area contributed by atoms with Gasteiger partial charge in [-0.3, -0.25) is 10.1 Å². The number of hydrogen-bond acceptors (Lipinski definition) is 4. The van der Waals surface area contributed by atoms with Crippen LogP contribution in [0, 0.1) is 10.1 Å². The monoisotopic (exact) mass is 462 g/mol. The van der Waals surface area contributed by atoms with Crippen molar-refractivity contribution in [3.05, 3.63) is 39.9 Å². The lowest BCUT2D eigenvalue weighted by molar-refractivity contribution is -0.384. The Bertz CT molecular complexity index is 572. The summed E-state index contributed by atoms with van der Waals surface area (Å²) in [6, 6.07) is 6.90. The molecule has 0 amide bonds. The zero-order valence-corrected chi connectivity index (χ0v) is 17.2. The Morgan fingerprint density at radius 1 is 1.32 bits per heavy atom. The Morgan fingerprint density at radius 2 is 2.00 bits per heavy atom. The number of nitro groups is 1. The highest BCUT2D eigenvalue weighted by molar-refractivity contribution is 14.0. The summed E-state index contributed by atoms with van der Waals surface area (Å²) in [6.07, 6.45) is 2.37. The third-order valence-corrected chi connectivity index (χ3v) is 3.88. The van der Waals surface area contributed by atoms with Crippen molar-refractivity contribution in [1.82, 2.24) is 10.6 Å². The number of nitro benzene ring substituents is 1. The van der Waals surface area contributed by atoms with E-state index in [0.717, 1.165) is 31.0 Å². The van der Waals surface area contributed by atoms with Crippen molar-refractivity contribution in [1.29, 1.82) is 0 Å². The van der Waals surface area contributed by atoms with Crippen molar-refractivity contribution < 1.29 is 9.66 Å². The van der Waals surface area contributed by atoms with E-state index in [1.54, 1.807) is 12.1 Å². The lowest BCUT2D eigenvalue weighted by atomic mass is 10.1. The van der Waals surface area contributed by atoms with Gasteiger partial charge < -0.3 is 15.4 Å². The summed E-state index contributed by atoms with van der Waals surface area (Å²) in [6.45, 7) is 7.49. The summed E-state index contributed by atoms with van der Waals surface area (Å²) in [5.41, 5.74) is 1.02. The van der Waals surface area contributed by atoms with Gasteiger partial charge in [-0.05, 0) is 39.2 Å². The Kier molecular flexibility index (Phi) is 9.12. The highest BCUT2D eigenvalue weighted by atomic mass is 127. The molecule has 8 heteroatoms. The molecule has 1 aromatic carbocycles. The first-order valence-corrected chi connectivity index (χ1v) is 8.38. The van der Waals surface area contributed by atoms with Gasteiger partial charge in [0.1, 0.15) is 0 Å². The highest BCUT2D eigenvalue weighted by Gasteiger charge is 2.23. The van der Waals surface area contributed by atoms with Gasteiger partial charge in [-0.2, -0.15) is 0 Å². The molecular formula is C17H27IN4O3. The molecule has 0 bridgehead atoms. The molecule has 1 saturated heterocycles. The first kappa shape index (κ1) is 21.6. The summed E-state index contributed by atoms with van der Waals surface area (Å²) in [5.74, 6) is 0.728. The SMILES string of the molecule is CC(C)NC(=NCc1ccc([N+](=O)[O-])cc1)NC(C)C1CCCO1.I. The fourth-order valence-corrected chi connectivity index (χ4v) is 2.61. The smallest absolute Gasteiger partial charge is 0.269 e. The van der Waals surface area contributed by atoms with Crippen LogP contribution >= 0.6 is 24.0 Å². The second-order valence-electron chi connectivity index (χ2n) is 6.37. The summed E-state index contributed by atoms with van der Waals surface area (Å²) in [4.78, 5) is 14.9. The Hall–Kier alpha value is -1.42. The molecule has 0 radical (unpaired) electrons. The van der Waals surface area contributed by atoms with Crippen molar-refractivity contribution in [2.24, 2.45) is 4.99 Å². The van der Waals surface area contributed by atoms with Crippen LogP contribution in [0.5, 0.6) is 0 Å². The topological polar surface area (TPSA) is 88.8 Å². The number of benzene rings is 1. The molecule has 2 atom stereocenters. The van der Waals surface area contributed by atoms with Gasteiger partial charge in [0.25, 0.3) is 5.69 Å². The number of non-ortho nitro benzene ring substituents is 1. The lowest BCUT2D eigenvalue weighted by Gasteiger charge is -2.24. The first-order valence-electron chi connectivity index (χ1n) is 8.38. The predicted molar refractivity (Wildman–Crippen MR) is 109 cm³/mol. The van der Waals surface area contributed by atoms with Gasteiger partial charge in [0.15, 0.2) is 5.96 Å². The number of halogens is 1. The zero-order chi connectivity index (χ0) is 17.5. The highest BCUT2D eigenvalue weighted by Crippen LogP contribution is 2.15. The number of ether oxygens (including phenoxy) is 1. The molecule has 140 valence electrons. The van der Waals surface area contributed by atoms with Crippen LogP contribution in [0.25, 0.3) is 0 Å². The lowest BCUT2D eigenvalue weighted by Crippen LogP contribution is -2.48. The molecule has 0 aromatic heterocycles. The summed E-state index contributed by atoms with van der Waals surface area (Å²) in [5, 5.41) is 17.4. The molecule has 2 N–H and O–H groups in total. The number of nitrogens with zero attached hydrogens (tertiary/aromatic N) is 2. The van der Waals surface area contributed by atoms with Crippen LogP contribution in [0.3, 0.4) is 0 Å². The van der Waals surface area contributed by atoms with Gasteiger partial charge in [0.05, 0.1) is 23.6 Å². The van der Waals surface area contributed by atoms with Crippen molar-refractivity contribution in [2.45, 2.75) is 58.3 Å². The average Bonchev–Trinajstić information content (AvgIpc) is 3.07. The van der Waals surface area contributed by atoms with Crippen LogP contribution in [-0.2, 0) is 11.3 Å². The van der Waals surface area contributed by atoms with Gasteiger partial charge in [0.2, 0.25) is 0 Å². The van der Waals surface area contributed by atoms with Crippen molar-refractivity contribution in [3.63, 3.8) is 0 Å². The predicted octanol–water partition coefficient (Wildman–Crippen LogP) is 3.22. The quantitative estimate of drug-likeness (QED) is 0.223. The van der Waals surface area contributed by atoms with Crippen molar-refractivity contribution >= 4 is 35.6 Å². The molecule has 0 aliphatic carbocycles. The normalized spacial score (nSPS) is 18.6.